The molecule has 2 aliphatic heterocycles. The SMILES string of the molecule is CCCCN1C(=O)[C@@H]([C@H](O)C2CCCC2)NC(=O)C12CCN(Cc1ccc(NS(C)(=O)=O)cc1)CC2. The van der Waals surface area contributed by atoms with Gasteiger partial charge in [-0.25, -0.2) is 8.42 Å². The second-order valence-corrected chi connectivity index (χ2v) is 12.5. The minimum Gasteiger partial charge on any atom is -0.390 e. The molecule has 2 saturated heterocycles. The van der Waals surface area contributed by atoms with Gasteiger partial charge in [-0.15, -0.1) is 0 Å². The van der Waals surface area contributed by atoms with E-state index in [0.29, 0.717) is 44.7 Å². The Morgan fingerprint density at radius 1 is 1.14 bits per heavy atom. The minimum absolute atomic E-state index is 0.0715. The number of hydrogen-bond acceptors (Lipinski definition) is 6. The summed E-state index contributed by atoms with van der Waals surface area (Å²) in [5, 5.41) is 13.9. The van der Waals surface area contributed by atoms with Crippen molar-refractivity contribution >= 4 is 27.5 Å². The fourth-order valence-corrected chi connectivity index (χ4v) is 6.57. The number of hydrogen-bond donors (Lipinski definition) is 3. The first-order chi connectivity index (χ1) is 17.1. The molecular weight excluding hydrogens is 480 g/mol. The van der Waals surface area contributed by atoms with E-state index < -0.39 is 27.7 Å². The molecule has 1 aromatic rings. The van der Waals surface area contributed by atoms with Gasteiger partial charge in [-0.2, -0.15) is 0 Å². The van der Waals surface area contributed by atoms with Crippen LogP contribution in [0.5, 0.6) is 0 Å². The number of rotatable bonds is 9. The van der Waals surface area contributed by atoms with Gasteiger partial charge in [0.05, 0.1) is 12.4 Å². The van der Waals surface area contributed by atoms with Crippen LogP contribution in [0.1, 0.15) is 63.9 Å². The molecule has 2 heterocycles. The number of amides is 2. The molecule has 1 aliphatic carbocycles. The second-order valence-electron chi connectivity index (χ2n) is 10.7. The average molecular weight is 521 g/mol. The number of carbonyl (C=O) groups is 2. The molecular formula is C26H40N4O5S. The number of unbranched alkanes of at least 4 members (excludes halogenated alkanes) is 1. The third-order valence-corrected chi connectivity index (χ3v) is 8.67. The van der Waals surface area contributed by atoms with Gasteiger partial charge in [0.15, 0.2) is 0 Å². The van der Waals surface area contributed by atoms with Crippen molar-refractivity contribution < 1.29 is 23.1 Å². The Hall–Kier alpha value is -2.17. The van der Waals surface area contributed by atoms with Gasteiger partial charge < -0.3 is 15.3 Å². The van der Waals surface area contributed by atoms with E-state index in [1.54, 1.807) is 17.0 Å². The molecule has 3 fully saturated rings. The summed E-state index contributed by atoms with van der Waals surface area (Å²) in [4.78, 5) is 31.2. The van der Waals surface area contributed by atoms with Crippen molar-refractivity contribution in [2.24, 2.45) is 5.92 Å². The van der Waals surface area contributed by atoms with Crippen molar-refractivity contribution in [1.82, 2.24) is 15.1 Å². The Bertz CT molecular complexity index is 1030. The van der Waals surface area contributed by atoms with Crippen LogP contribution in [-0.2, 0) is 26.2 Å². The fraction of sp³-hybridized carbons (Fsp3) is 0.692. The maximum Gasteiger partial charge on any atom is 0.248 e. The highest BCUT2D eigenvalue weighted by Gasteiger charge is 2.55. The Morgan fingerprint density at radius 2 is 1.78 bits per heavy atom. The van der Waals surface area contributed by atoms with Crippen LogP contribution in [0.3, 0.4) is 0 Å². The number of piperidine rings is 1. The molecule has 0 bridgehead atoms. The van der Waals surface area contributed by atoms with Crippen molar-refractivity contribution in [1.29, 1.82) is 0 Å². The van der Waals surface area contributed by atoms with E-state index in [1.165, 1.54) is 0 Å². The highest BCUT2D eigenvalue weighted by molar-refractivity contribution is 7.92. The number of anilines is 1. The van der Waals surface area contributed by atoms with Crippen LogP contribution in [0.2, 0.25) is 0 Å². The lowest BCUT2D eigenvalue weighted by Crippen LogP contribution is -2.75. The minimum atomic E-state index is -3.32. The predicted molar refractivity (Wildman–Crippen MR) is 139 cm³/mol. The number of benzene rings is 1. The standard InChI is InChI=1S/C26H40N4O5S/c1-3-4-15-30-24(32)22(23(31)20-7-5-6-8-20)27-25(33)26(30)13-16-29(17-14-26)18-19-9-11-21(12-10-19)28-36(2,34)35/h9-12,20,22-23,28,31H,3-8,13-18H2,1-2H3,(H,27,33)/t22-,23-/m1/s1. The predicted octanol–water partition coefficient (Wildman–Crippen LogP) is 2.07. The smallest absolute Gasteiger partial charge is 0.248 e. The fourth-order valence-electron chi connectivity index (χ4n) is 6.01. The highest BCUT2D eigenvalue weighted by atomic mass is 32.2. The number of aliphatic hydroxyl groups is 1. The molecule has 1 aromatic carbocycles. The van der Waals surface area contributed by atoms with E-state index >= 15 is 0 Å². The average Bonchev–Trinajstić information content (AvgIpc) is 3.38. The summed E-state index contributed by atoms with van der Waals surface area (Å²) in [6.45, 7) is 4.63. The van der Waals surface area contributed by atoms with Crippen LogP contribution >= 0.6 is 0 Å². The van der Waals surface area contributed by atoms with Gasteiger partial charge in [-0.3, -0.25) is 19.2 Å². The zero-order valence-corrected chi connectivity index (χ0v) is 22.2. The molecule has 200 valence electrons. The van der Waals surface area contributed by atoms with Crippen LogP contribution in [0.25, 0.3) is 0 Å². The number of carbonyl (C=O) groups excluding carboxylic acids is 2. The summed E-state index contributed by atoms with van der Waals surface area (Å²) in [6.07, 6.45) is 7.08. The number of likely N-dealkylation sites (tertiary alicyclic amines) is 1. The molecule has 36 heavy (non-hydrogen) atoms. The van der Waals surface area contributed by atoms with Crippen LogP contribution in [0.15, 0.2) is 24.3 Å². The van der Waals surface area contributed by atoms with E-state index in [9.17, 15) is 23.1 Å². The molecule has 9 nitrogen and oxygen atoms in total. The number of piperazine rings is 1. The van der Waals surface area contributed by atoms with E-state index in [2.05, 4.69) is 21.9 Å². The largest absolute Gasteiger partial charge is 0.390 e. The van der Waals surface area contributed by atoms with Gasteiger partial charge >= 0.3 is 0 Å². The molecule has 3 aliphatic rings. The van der Waals surface area contributed by atoms with E-state index in [-0.39, 0.29) is 17.7 Å². The zero-order valence-electron chi connectivity index (χ0n) is 21.4. The Labute approximate surface area is 214 Å². The zero-order chi connectivity index (χ0) is 25.9. The summed E-state index contributed by atoms with van der Waals surface area (Å²) in [5.41, 5.74) is 0.715. The van der Waals surface area contributed by atoms with Gasteiger partial charge in [0.2, 0.25) is 21.8 Å². The summed E-state index contributed by atoms with van der Waals surface area (Å²) in [6, 6.07) is 6.45. The number of nitrogens with one attached hydrogen (secondary N) is 2. The van der Waals surface area contributed by atoms with Crippen LogP contribution in [-0.4, -0.2) is 78.7 Å². The highest BCUT2D eigenvalue weighted by Crippen LogP contribution is 2.36. The first kappa shape index (κ1) is 26.9. The topological polar surface area (TPSA) is 119 Å². The van der Waals surface area contributed by atoms with Crippen molar-refractivity contribution in [3.05, 3.63) is 29.8 Å². The van der Waals surface area contributed by atoms with E-state index in [0.717, 1.165) is 50.3 Å². The Kier molecular flexibility index (Phi) is 8.26. The second kappa shape index (κ2) is 11.1. The molecule has 10 heteroatoms. The summed E-state index contributed by atoms with van der Waals surface area (Å²) < 4.78 is 25.3. The maximum atomic E-state index is 13.6. The van der Waals surface area contributed by atoms with E-state index in [1.807, 2.05) is 12.1 Å². The van der Waals surface area contributed by atoms with Crippen LogP contribution in [0, 0.1) is 5.92 Å². The van der Waals surface area contributed by atoms with Crippen LogP contribution in [0.4, 0.5) is 5.69 Å². The molecule has 0 radical (unpaired) electrons. The molecule has 2 amide bonds. The summed E-state index contributed by atoms with van der Waals surface area (Å²) in [5.74, 6) is -0.192. The quantitative estimate of drug-likeness (QED) is 0.459. The molecule has 1 saturated carbocycles. The van der Waals surface area contributed by atoms with Crippen molar-refractivity contribution in [3.8, 4) is 0 Å². The molecule has 3 N–H and O–H groups in total. The van der Waals surface area contributed by atoms with Gasteiger partial charge in [-0.05, 0) is 55.7 Å². The van der Waals surface area contributed by atoms with Gasteiger partial charge in [0.1, 0.15) is 11.6 Å². The first-order valence-electron chi connectivity index (χ1n) is 13.2. The maximum absolute atomic E-state index is 13.6. The molecule has 4 rings (SSSR count). The Balaban J connectivity index is 1.43. The lowest BCUT2D eigenvalue weighted by molar-refractivity contribution is -0.165. The third kappa shape index (κ3) is 5.86. The van der Waals surface area contributed by atoms with Crippen LogP contribution < -0.4 is 10.0 Å². The molecule has 1 spiro atoms. The van der Waals surface area contributed by atoms with Gasteiger partial charge in [0, 0.05) is 31.9 Å². The van der Waals surface area contributed by atoms with Crippen molar-refractivity contribution in [2.45, 2.75) is 82.5 Å². The van der Waals surface area contributed by atoms with Crippen molar-refractivity contribution in [3.63, 3.8) is 0 Å². The normalized spacial score (nSPS) is 24.2. The van der Waals surface area contributed by atoms with Gasteiger partial charge in [-0.1, -0.05) is 38.3 Å². The number of nitrogens with zero attached hydrogens (tertiary/aromatic N) is 2. The Morgan fingerprint density at radius 3 is 2.36 bits per heavy atom. The lowest BCUT2D eigenvalue weighted by Gasteiger charge is -2.52. The van der Waals surface area contributed by atoms with E-state index in [4.69, 9.17) is 0 Å². The number of aliphatic hydroxyl groups excluding tert-OH is 1. The monoisotopic (exact) mass is 520 g/mol. The molecule has 2 atom stereocenters. The lowest BCUT2D eigenvalue weighted by atomic mass is 9.80. The third-order valence-electron chi connectivity index (χ3n) is 8.06. The number of sulfonamides is 1. The molecule has 0 unspecified atom stereocenters. The molecule has 0 aromatic heterocycles. The summed E-state index contributed by atoms with van der Waals surface area (Å²) in [7, 11) is -3.32. The van der Waals surface area contributed by atoms with Crippen molar-refractivity contribution in [2.75, 3.05) is 30.6 Å². The first-order valence-corrected chi connectivity index (χ1v) is 15.1. The van der Waals surface area contributed by atoms with Gasteiger partial charge in [0.25, 0.3) is 0 Å². The summed E-state index contributed by atoms with van der Waals surface area (Å²) >= 11 is 0.